The van der Waals surface area contributed by atoms with Crippen molar-refractivity contribution in [2.75, 3.05) is 13.1 Å². The summed E-state index contributed by atoms with van der Waals surface area (Å²) in [6, 6.07) is 8.89. The molecule has 0 radical (unpaired) electrons. The minimum atomic E-state index is -1.47. The Hall–Kier alpha value is -2.35. The molecule has 0 unspecified atom stereocenters. The van der Waals surface area contributed by atoms with Gasteiger partial charge in [0.25, 0.3) is 0 Å². The highest BCUT2D eigenvalue weighted by molar-refractivity contribution is 6.33. The van der Waals surface area contributed by atoms with Crippen LogP contribution in [0.15, 0.2) is 47.0 Å². The molecule has 1 aliphatic rings. The van der Waals surface area contributed by atoms with Gasteiger partial charge in [-0.05, 0) is 48.9 Å². The molecule has 8 heteroatoms. The summed E-state index contributed by atoms with van der Waals surface area (Å²) in [5.74, 6) is -2.71. The summed E-state index contributed by atoms with van der Waals surface area (Å²) in [7, 11) is 0. The van der Waals surface area contributed by atoms with Gasteiger partial charge < -0.3 is 14.9 Å². The second-order valence-electron chi connectivity index (χ2n) is 6.80. The molecule has 0 saturated carbocycles. The predicted octanol–water partition coefficient (Wildman–Crippen LogP) is 4.38. The molecule has 1 fully saturated rings. The first-order valence-electron chi connectivity index (χ1n) is 8.69. The summed E-state index contributed by atoms with van der Waals surface area (Å²) in [5, 5.41) is 18.7. The summed E-state index contributed by atoms with van der Waals surface area (Å²) in [4.78, 5) is 0. The summed E-state index contributed by atoms with van der Waals surface area (Å²) in [5.41, 5.74) is -0.338. The van der Waals surface area contributed by atoms with Crippen molar-refractivity contribution in [1.29, 1.82) is 0 Å². The van der Waals surface area contributed by atoms with E-state index in [9.17, 15) is 18.3 Å². The van der Waals surface area contributed by atoms with Gasteiger partial charge in [-0.25, -0.2) is 13.2 Å². The van der Waals surface area contributed by atoms with Gasteiger partial charge in [-0.15, -0.1) is 0 Å². The quantitative estimate of drug-likeness (QED) is 0.675. The fourth-order valence-electron chi connectivity index (χ4n) is 3.59. The van der Waals surface area contributed by atoms with Gasteiger partial charge >= 0.3 is 0 Å². The number of piperidine rings is 1. The van der Waals surface area contributed by atoms with Crippen molar-refractivity contribution in [3.8, 4) is 11.3 Å². The Morgan fingerprint density at radius 3 is 2.68 bits per heavy atom. The van der Waals surface area contributed by atoms with Crippen LogP contribution in [0.1, 0.15) is 23.7 Å². The highest BCUT2D eigenvalue weighted by Gasteiger charge is 2.44. The zero-order chi connectivity index (χ0) is 19.9. The van der Waals surface area contributed by atoms with Crippen LogP contribution in [0, 0.1) is 17.5 Å². The maximum Gasteiger partial charge on any atom is 0.159 e. The number of nitrogens with zero attached hydrogens (tertiary/aromatic N) is 1. The molecule has 0 aliphatic carbocycles. The summed E-state index contributed by atoms with van der Waals surface area (Å²) < 4.78 is 45.8. The van der Waals surface area contributed by atoms with Crippen molar-refractivity contribution in [2.24, 2.45) is 0 Å². The maximum absolute atomic E-state index is 13.8. The molecule has 2 aromatic carbocycles. The second kappa shape index (κ2) is 7.24. The topological polar surface area (TPSA) is 58.3 Å². The molecule has 4 nitrogen and oxygen atoms in total. The van der Waals surface area contributed by atoms with Gasteiger partial charge in [-0.2, -0.15) is 0 Å². The number of halogens is 4. The fourth-order valence-corrected chi connectivity index (χ4v) is 3.86. The number of hydrogen-bond donors (Lipinski definition) is 2. The van der Waals surface area contributed by atoms with E-state index < -0.39 is 29.0 Å². The molecule has 1 aromatic heterocycles. The molecular weight excluding hydrogens is 393 g/mol. The minimum Gasteiger partial charge on any atom is -0.384 e. The van der Waals surface area contributed by atoms with Crippen LogP contribution in [0.2, 0.25) is 5.02 Å². The van der Waals surface area contributed by atoms with Crippen molar-refractivity contribution in [3.63, 3.8) is 0 Å². The summed E-state index contributed by atoms with van der Waals surface area (Å²) in [6.07, 6.45) is 0.274. The van der Waals surface area contributed by atoms with E-state index in [1.54, 1.807) is 6.07 Å². The lowest BCUT2D eigenvalue weighted by atomic mass is 9.75. The smallest absolute Gasteiger partial charge is 0.159 e. The van der Waals surface area contributed by atoms with Gasteiger partial charge in [0.2, 0.25) is 0 Å². The third-order valence-electron chi connectivity index (χ3n) is 5.11. The molecule has 0 spiro atoms. The normalized spacial score (nSPS) is 22.4. The molecule has 2 atom stereocenters. The van der Waals surface area contributed by atoms with E-state index in [0.29, 0.717) is 30.1 Å². The number of hydrogen-bond acceptors (Lipinski definition) is 4. The molecule has 146 valence electrons. The van der Waals surface area contributed by atoms with Crippen LogP contribution in [0.5, 0.6) is 0 Å². The SMILES string of the molecule is O[C@]1(c2ccc(F)c(F)c2)CCNC[C@@H]1c1cc(-c2ccc(F)cc2Cl)no1. The summed E-state index contributed by atoms with van der Waals surface area (Å²) in [6.45, 7) is 0.845. The van der Waals surface area contributed by atoms with Crippen LogP contribution in [0.3, 0.4) is 0 Å². The Labute approximate surface area is 163 Å². The largest absolute Gasteiger partial charge is 0.384 e. The average molecular weight is 409 g/mol. The number of rotatable bonds is 3. The molecule has 0 amide bonds. The number of aromatic nitrogens is 1. The number of nitrogens with one attached hydrogen (secondary N) is 1. The van der Waals surface area contributed by atoms with Crippen molar-refractivity contribution in [1.82, 2.24) is 10.5 Å². The van der Waals surface area contributed by atoms with Gasteiger partial charge in [0.05, 0.1) is 10.9 Å². The number of benzene rings is 2. The molecule has 1 saturated heterocycles. The Balaban J connectivity index is 1.72. The van der Waals surface area contributed by atoms with E-state index >= 15 is 0 Å². The number of aliphatic hydroxyl groups is 1. The van der Waals surface area contributed by atoms with Crippen LogP contribution in [-0.4, -0.2) is 23.4 Å². The first kappa shape index (κ1) is 19.0. The van der Waals surface area contributed by atoms with Gasteiger partial charge in [0, 0.05) is 18.2 Å². The standard InChI is InChI=1S/C20H16ClF3N2O2/c21-15-8-12(22)2-3-13(15)18-9-19(28-26-18)14-10-25-6-5-20(14,27)11-1-4-16(23)17(24)7-11/h1-4,7-9,14,25,27H,5-6,10H2/t14-,20+/m1/s1. The lowest BCUT2D eigenvalue weighted by Gasteiger charge is -2.39. The van der Waals surface area contributed by atoms with Crippen LogP contribution in [-0.2, 0) is 5.60 Å². The van der Waals surface area contributed by atoms with Crippen LogP contribution in [0.4, 0.5) is 13.2 Å². The van der Waals surface area contributed by atoms with Gasteiger partial charge in [0.1, 0.15) is 22.9 Å². The fraction of sp³-hybridized carbons (Fsp3) is 0.250. The van der Waals surface area contributed by atoms with Gasteiger partial charge in [-0.1, -0.05) is 22.8 Å². The molecule has 28 heavy (non-hydrogen) atoms. The van der Waals surface area contributed by atoms with Crippen molar-refractivity contribution < 1.29 is 22.8 Å². The van der Waals surface area contributed by atoms with Crippen molar-refractivity contribution in [3.05, 3.63) is 76.3 Å². The Morgan fingerprint density at radius 1 is 1.11 bits per heavy atom. The van der Waals surface area contributed by atoms with E-state index in [1.807, 2.05) is 0 Å². The highest BCUT2D eigenvalue weighted by Crippen LogP contribution is 2.43. The highest BCUT2D eigenvalue weighted by atomic mass is 35.5. The third kappa shape index (κ3) is 3.30. The van der Waals surface area contributed by atoms with Crippen molar-refractivity contribution >= 4 is 11.6 Å². The molecular formula is C20H16ClF3N2O2. The Morgan fingerprint density at radius 2 is 1.93 bits per heavy atom. The first-order valence-corrected chi connectivity index (χ1v) is 9.07. The van der Waals surface area contributed by atoms with Gasteiger partial charge in [-0.3, -0.25) is 0 Å². The van der Waals surface area contributed by atoms with Crippen LogP contribution >= 0.6 is 11.6 Å². The van der Waals surface area contributed by atoms with E-state index in [0.717, 1.165) is 12.1 Å². The molecule has 0 bridgehead atoms. The molecule has 3 aromatic rings. The molecule has 1 aliphatic heterocycles. The summed E-state index contributed by atoms with van der Waals surface area (Å²) >= 11 is 6.08. The monoisotopic (exact) mass is 408 g/mol. The molecule has 2 N–H and O–H groups in total. The zero-order valence-corrected chi connectivity index (χ0v) is 15.3. The Bertz CT molecular complexity index is 1030. The zero-order valence-electron chi connectivity index (χ0n) is 14.6. The second-order valence-corrected chi connectivity index (χ2v) is 7.21. The lowest BCUT2D eigenvalue weighted by molar-refractivity contribution is -0.0233. The van der Waals surface area contributed by atoms with E-state index in [4.69, 9.17) is 16.1 Å². The average Bonchev–Trinajstić information content (AvgIpc) is 3.13. The van der Waals surface area contributed by atoms with Crippen molar-refractivity contribution in [2.45, 2.75) is 17.9 Å². The molecule has 4 rings (SSSR count). The lowest BCUT2D eigenvalue weighted by Crippen LogP contribution is -2.46. The van der Waals surface area contributed by atoms with E-state index in [1.165, 1.54) is 24.3 Å². The molecule has 2 heterocycles. The van der Waals surface area contributed by atoms with Crippen LogP contribution in [0.25, 0.3) is 11.3 Å². The minimum absolute atomic E-state index is 0.178. The third-order valence-corrected chi connectivity index (χ3v) is 5.42. The van der Waals surface area contributed by atoms with Crippen LogP contribution < -0.4 is 5.32 Å². The Kier molecular flexibility index (Phi) is 4.91. The van der Waals surface area contributed by atoms with E-state index in [-0.39, 0.29) is 17.0 Å². The van der Waals surface area contributed by atoms with Gasteiger partial charge in [0.15, 0.2) is 11.6 Å². The van der Waals surface area contributed by atoms with E-state index in [2.05, 4.69) is 10.5 Å². The predicted molar refractivity (Wildman–Crippen MR) is 97.4 cm³/mol. The maximum atomic E-state index is 13.8. The first-order chi connectivity index (χ1) is 13.4.